The van der Waals surface area contributed by atoms with Crippen LogP contribution in [0.5, 0.6) is 0 Å². The summed E-state index contributed by atoms with van der Waals surface area (Å²) in [5.41, 5.74) is 30.0. The lowest BCUT2D eigenvalue weighted by Gasteiger charge is -2.32. The van der Waals surface area contributed by atoms with Gasteiger partial charge >= 0.3 is 0 Å². The normalized spacial score (nSPS) is 13.5. The molecule has 0 bridgehead atoms. The first-order valence-corrected chi connectivity index (χ1v) is 31.1. The second kappa shape index (κ2) is 24.2. The molecule has 13 rings (SSSR count). The van der Waals surface area contributed by atoms with E-state index in [1.165, 1.54) is 116 Å². The quantitative estimate of drug-likeness (QED) is 0.0915. The van der Waals surface area contributed by atoms with Crippen molar-refractivity contribution >= 4 is 96.0 Å². The standard InChI is InChI=1S/C57H50BrN3.C23H24N2/c1-37-16-7-9-19-44(37)45-29-26-43(32-38(45)2)56(49-22-11-13-24-53(49)59-6)60-36-61-54-25-14-12-21-48(54)50-34-42(28-31-55(50)61)41-27-30-51(39(3)33-41)57(4,5)52(35-58)47-23-15-18-40-17-8-10-20-46(40)47;1-15-13-14-19-9-5-6-11-21(19)23(15)24-18(4)25-17(3)16(2)20-10-7-8-12-22(20)25/h7,9-16,18-35H,6,8,17,36H2,1-5H3;5,7-10,12-14H,6,11H2,1-4H3/b52-35?,60-56-;. The number of benzene rings is 9. The highest BCUT2D eigenvalue weighted by Gasteiger charge is 2.30. The van der Waals surface area contributed by atoms with Gasteiger partial charge in [-0.3, -0.25) is 9.98 Å². The zero-order chi connectivity index (χ0) is 59.8. The molecule has 0 saturated carbocycles. The molecule has 0 saturated heterocycles. The smallest absolute Gasteiger partial charge is 0.115 e. The SMILES string of the molecule is C=Nc1ccccc1/C(=N\Cn1c2ccccc2c2cc(-c3ccc(C(C)(C)C(=CBr)c4cccc5c4C=CCC5)c(C)c3)ccc21)c1ccc(-c2ccccc2C)c(C)c1.CC(=Nc1c(C)ccc2c1CCC=C2)n1c(C)c(C)c2ccccc21. The summed E-state index contributed by atoms with van der Waals surface area (Å²) in [7, 11) is 0. The van der Waals surface area contributed by atoms with Crippen molar-refractivity contribution in [3.8, 4) is 22.3 Å². The summed E-state index contributed by atoms with van der Waals surface area (Å²) in [5.74, 6) is 1.04. The third-order valence-corrected chi connectivity index (χ3v) is 18.6. The molecule has 0 spiro atoms. The van der Waals surface area contributed by atoms with Crippen molar-refractivity contribution in [3.05, 3.63) is 277 Å². The van der Waals surface area contributed by atoms with Gasteiger partial charge in [-0.25, -0.2) is 4.99 Å². The van der Waals surface area contributed by atoms with Gasteiger partial charge in [0.15, 0.2) is 0 Å². The molecule has 2 heterocycles. The molecule has 5 nitrogen and oxygen atoms in total. The minimum absolute atomic E-state index is 0.229. The molecule has 86 heavy (non-hydrogen) atoms. The topological polar surface area (TPSA) is 46.9 Å². The van der Waals surface area contributed by atoms with Crippen molar-refractivity contribution in [3.63, 3.8) is 0 Å². The highest BCUT2D eigenvalue weighted by Crippen LogP contribution is 2.44. The number of nitrogens with zero attached hydrogens (tertiary/aromatic N) is 5. The Morgan fingerprint density at radius 3 is 2.07 bits per heavy atom. The van der Waals surface area contributed by atoms with Gasteiger partial charge in [0.05, 0.1) is 33.6 Å². The third kappa shape index (κ3) is 10.7. The van der Waals surface area contributed by atoms with Gasteiger partial charge in [-0.15, -0.1) is 0 Å². The Kier molecular flexibility index (Phi) is 16.2. The molecule has 426 valence electrons. The molecule has 2 aliphatic carbocycles. The summed E-state index contributed by atoms with van der Waals surface area (Å²) in [6, 6.07) is 65.7. The van der Waals surface area contributed by atoms with Crippen LogP contribution < -0.4 is 0 Å². The number of aryl methyl sites for hydroxylation is 6. The van der Waals surface area contributed by atoms with E-state index in [9.17, 15) is 0 Å². The summed E-state index contributed by atoms with van der Waals surface area (Å²) in [6.07, 6.45) is 13.5. The van der Waals surface area contributed by atoms with Crippen molar-refractivity contribution in [2.45, 2.75) is 100 Å². The second-order valence-corrected chi connectivity index (χ2v) is 24.3. The van der Waals surface area contributed by atoms with Crippen molar-refractivity contribution < 1.29 is 0 Å². The van der Waals surface area contributed by atoms with Crippen LogP contribution >= 0.6 is 15.9 Å². The number of fused-ring (bicyclic) bond motifs is 6. The zero-order valence-electron chi connectivity index (χ0n) is 51.1. The van der Waals surface area contributed by atoms with E-state index in [-0.39, 0.29) is 5.41 Å². The lowest BCUT2D eigenvalue weighted by molar-refractivity contribution is 0.687. The van der Waals surface area contributed by atoms with Gasteiger partial charge in [-0.2, -0.15) is 0 Å². The molecule has 0 fully saturated rings. The van der Waals surface area contributed by atoms with Gasteiger partial charge in [0.25, 0.3) is 0 Å². The fraction of sp³-hybridized carbons (Fsp3) is 0.188. The molecule has 6 heteroatoms. The molecule has 9 aromatic carbocycles. The van der Waals surface area contributed by atoms with Crippen LogP contribution in [0.1, 0.15) is 112 Å². The van der Waals surface area contributed by atoms with Crippen molar-refractivity contribution in [2.24, 2.45) is 15.0 Å². The number of aromatic nitrogens is 2. The maximum atomic E-state index is 5.45. The molecular weight excluding hydrogens is 1110 g/mol. The summed E-state index contributed by atoms with van der Waals surface area (Å²) < 4.78 is 4.64. The van der Waals surface area contributed by atoms with Crippen LogP contribution in [0.3, 0.4) is 0 Å². The molecule has 0 amide bonds. The summed E-state index contributed by atoms with van der Waals surface area (Å²) in [6.45, 7) is 24.3. The van der Waals surface area contributed by atoms with E-state index in [0.717, 1.165) is 70.8 Å². The lowest BCUT2D eigenvalue weighted by Crippen LogP contribution is -2.21. The summed E-state index contributed by atoms with van der Waals surface area (Å²) in [4.78, 5) is 17.1. The highest BCUT2D eigenvalue weighted by atomic mass is 79.9. The van der Waals surface area contributed by atoms with E-state index < -0.39 is 0 Å². The molecule has 2 aliphatic rings. The van der Waals surface area contributed by atoms with E-state index in [1.807, 2.05) is 12.1 Å². The van der Waals surface area contributed by atoms with E-state index in [4.69, 9.17) is 9.98 Å². The fourth-order valence-electron chi connectivity index (χ4n) is 13.5. The van der Waals surface area contributed by atoms with Crippen LogP contribution in [0.25, 0.3) is 72.7 Å². The predicted molar refractivity (Wildman–Crippen MR) is 374 cm³/mol. The van der Waals surface area contributed by atoms with Gasteiger partial charge in [-0.1, -0.05) is 200 Å². The number of allylic oxidation sites excluding steroid dienone is 3. The Labute approximate surface area is 516 Å². The average Bonchev–Trinajstić information content (AvgIpc) is 2.50. The fourth-order valence-corrected chi connectivity index (χ4v) is 14.3. The Bertz CT molecular complexity index is 4640. The number of hydrogen-bond acceptors (Lipinski definition) is 3. The van der Waals surface area contributed by atoms with Gasteiger partial charge in [-0.05, 0) is 211 Å². The Hall–Kier alpha value is -8.97. The minimum atomic E-state index is -0.229. The average molecular weight is 1190 g/mol. The molecule has 2 aromatic heterocycles. The van der Waals surface area contributed by atoms with E-state index >= 15 is 0 Å². The molecule has 0 N–H and O–H groups in total. The molecule has 0 unspecified atom stereocenters. The first-order valence-electron chi connectivity index (χ1n) is 30.2. The van der Waals surface area contributed by atoms with Gasteiger partial charge < -0.3 is 9.13 Å². The van der Waals surface area contributed by atoms with E-state index in [0.29, 0.717) is 6.67 Å². The second-order valence-electron chi connectivity index (χ2n) is 23.8. The number of para-hydroxylation sites is 3. The van der Waals surface area contributed by atoms with Crippen molar-refractivity contribution in [1.29, 1.82) is 0 Å². The number of aliphatic imine (C=N–C) groups is 3. The number of hydrogen-bond donors (Lipinski definition) is 0. The number of rotatable bonds is 11. The monoisotopic (exact) mass is 1180 g/mol. The lowest BCUT2D eigenvalue weighted by atomic mass is 9.72. The summed E-state index contributed by atoms with van der Waals surface area (Å²) >= 11 is 3.80. The maximum Gasteiger partial charge on any atom is 0.115 e. The molecule has 0 atom stereocenters. The van der Waals surface area contributed by atoms with Crippen molar-refractivity contribution in [1.82, 2.24) is 9.13 Å². The number of halogens is 1. The van der Waals surface area contributed by atoms with Crippen LogP contribution in [0, 0.1) is 41.5 Å². The Balaban J connectivity index is 0.000000240. The Morgan fingerprint density at radius 2 is 1.28 bits per heavy atom. The van der Waals surface area contributed by atoms with Gasteiger partial charge in [0.1, 0.15) is 12.5 Å². The van der Waals surface area contributed by atoms with Crippen LogP contribution in [-0.4, -0.2) is 27.4 Å². The predicted octanol–water partition coefficient (Wildman–Crippen LogP) is 21.7. The third-order valence-electron chi connectivity index (χ3n) is 18.2. The molecule has 11 aromatic rings. The van der Waals surface area contributed by atoms with E-state index in [1.54, 1.807) is 0 Å². The Morgan fingerprint density at radius 1 is 0.593 bits per heavy atom. The zero-order valence-corrected chi connectivity index (χ0v) is 52.6. The molecule has 0 radical (unpaired) electrons. The van der Waals surface area contributed by atoms with E-state index in [2.05, 4.69) is 298 Å². The molecular formula is C80H74BrN5. The highest BCUT2D eigenvalue weighted by molar-refractivity contribution is 9.11. The first kappa shape index (κ1) is 57.5. The van der Waals surface area contributed by atoms with Gasteiger partial charge in [0.2, 0.25) is 0 Å². The first-order chi connectivity index (χ1) is 41.7. The van der Waals surface area contributed by atoms with Crippen LogP contribution in [0.4, 0.5) is 11.4 Å². The summed E-state index contributed by atoms with van der Waals surface area (Å²) in [5, 5.41) is 3.73. The van der Waals surface area contributed by atoms with Gasteiger partial charge in [0, 0.05) is 38.4 Å². The minimum Gasteiger partial charge on any atom is -0.320 e. The maximum absolute atomic E-state index is 5.45. The van der Waals surface area contributed by atoms with Crippen LogP contribution in [0.15, 0.2) is 214 Å². The largest absolute Gasteiger partial charge is 0.320 e. The van der Waals surface area contributed by atoms with Crippen LogP contribution in [-0.2, 0) is 24.9 Å². The molecule has 0 aliphatic heterocycles. The van der Waals surface area contributed by atoms with Crippen LogP contribution in [0.2, 0.25) is 0 Å². The van der Waals surface area contributed by atoms with Crippen molar-refractivity contribution in [2.75, 3.05) is 0 Å².